The normalized spacial score (nSPS) is 11.1. The summed E-state index contributed by atoms with van der Waals surface area (Å²) in [6, 6.07) is 79.1. The molecule has 0 saturated heterocycles. The fourth-order valence-corrected chi connectivity index (χ4v) is 9.76. The number of para-hydroxylation sites is 1. The third-order valence-electron chi connectivity index (χ3n) is 13.2. The first-order valence-electron chi connectivity index (χ1n) is 24.0. The van der Waals surface area contributed by atoms with Gasteiger partial charge >= 0.3 is 20.1 Å². The molecule has 7 nitrogen and oxygen atoms in total. The average Bonchev–Trinajstić information content (AvgIpc) is 3.87. The van der Waals surface area contributed by atoms with Gasteiger partial charge in [0.25, 0.3) is 0 Å². The summed E-state index contributed by atoms with van der Waals surface area (Å²) in [5.74, 6) is 0. The van der Waals surface area contributed by atoms with Gasteiger partial charge in [-0.15, -0.1) is 59.2 Å². The molecule has 0 bridgehead atoms. The van der Waals surface area contributed by atoms with Gasteiger partial charge in [0.2, 0.25) is 5.71 Å². The van der Waals surface area contributed by atoms with Crippen molar-refractivity contribution in [3.63, 3.8) is 0 Å². The minimum Gasteiger partial charge on any atom is -0.437 e. The number of hydrogen-bond donors (Lipinski definition) is 0. The maximum atomic E-state index is 6.61. The van der Waals surface area contributed by atoms with Crippen LogP contribution >= 0.6 is 0 Å². The van der Waals surface area contributed by atoms with E-state index in [1.807, 2.05) is 91.4 Å². The molecular formula is C66H39IrN6O. The molecule has 6 aromatic carbocycles. The van der Waals surface area contributed by atoms with E-state index in [1.54, 1.807) is 18.6 Å². The first-order valence-corrected chi connectivity index (χ1v) is 24.0. The number of furan rings is 1. The standard InChI is InChI=1S/C66H39N6O.Ir/c1-4-18-52(53-30-27-43(60-24-7-10-33-67-60)40-59(53)57-22-13-21-56-58-23-14-36-70-66(58)73-65(56)57)49(15-1)46-37-47(50-16-2-5-19-54(50)63-31-28-44(41-71-63)61-25-8-11-34-68-61)39-48(38-46)51-17-3-6-20-55(51)64-32-29-45(42-72-64)62-26-9-12-35-69-62;/h1-26,30-42H;/q-3;+3. The van der Waals surface area contributed by atoms with Crippen molar-refractivity contribution in [1.82, 2.24) is 29.9 Å². The van der Waals surface area contributed by atoms with Crippen LogP contribution in [-0.2, 0) is 20.1 Å². The SMILES string of the molecule is [Ir+3].[c-]1cc(-c2ccccc2-c2cc(-c3ccccc3-c3c[c-]c(-c4ccccn4)cn3)cc(-c3ccccc3-c3c[c-]c(-c4ccccn4)cc3-c3cccc4c3oc3ncccc34)c2)ncc1-c1ccccn1. The third kappa shape index (κ3) is 8.68. The number of nitrogens with zero attached hydrogens (tertiary/aromatic N) is 6. The zero-order valence-electron chi connectivity index (χ0n) is 39.4. The molecule has 74 heavy (non-hydrogen) atoms. The molecule has 0 atom stereocenters. The van der Waals surface area contributed by atoms with E-state index in [-0.39, 0.29) is 20.1 Å². The first-order chi connectivity index (χ1) is 36.2. The molecule has 0 N–H and O–H groups in total. The summed E-state index contributed by atoms with van der Waals surface area (Å²) < 4.78 is 6.61. The summed E-state index contributed by atoms with van der Waals surface area (Å²) >= 11 is 0. The molecule has 7 aromatic heterocycles. The van der Waals surface area contributed by atoms with Crippen molar-refractivity contribution in [2.24, 2.45) is 0 Å². The number of fused-ring (bicyclic) bond motifs is 3. The van der Waals surface area contributed by atoms with E-state index >= 15 is 0 Å². The van der Waals surface area contributed by atoms with Crippen LogP contribution in [-0.4, -0.2) is 29.9 Å². The molecule has 0 radical (unpaired) electrons. The van der Waals surface area contributed by atoms with Gasteiger partial charge in [0.1, 0.15) is 5.58 Å². The van der Waals surface area contributed by atoms with Gasteiger partial charge in [-0.1, -0.05) is 156 Å². The molecule has 0 aliphatic carbocycles. The van der Waals surface area contributed by atoms with Crippen LogP contribution in [0, 0.1) is 18.2 Å². The molecule has 13 aromatic rings. The molecule has 0 aliphatic rings. The number of pyridine rings is 6. The Labute approximate surface area is 441 Å². The van der Waals surface area contributed by atoms with Crippen LogP contribution in [0.25, 0.3) is 134 Å². The molecule has 348 valence electrons. The zero-order chi connectivity index (χ0) is 48.5. The average molecular weight is 1120 g/mol. The van der Waals surface area contributed by atoms with Crippen molar-refractivity contribution in [2.45, 2.75) is 0 Å². The van der Waals surface area contributed by atoms with Crippen LogP contribution < -0.4 is 0 Å². The van der Waals surface area contributed by atoms with Gasteiger partial charge in [-0.3, -0.25) is 0 Å². The molecule has 0 spiro atoms. The molecule has 0 saturated carbocycles. The fraction of sp³-hybridized carbons (Fsp3) is 0. The van der Waals surface area contributed by atoms with Crippen LogP contribution in [0.5, 0.6) is 0 Å². The number of rotatable bonds is 10. The van der Waals surface area contributed by atoms with Gasteiger partial charge in [-0.05, 0) is 122 Å². The summed E-state index contributed by atoms with van der Waals surface area (Å²) in [7, 11) is 0. The van der Waals surface area contributed by atoms with Gasteiger partial charge in [-0.25, -0.2) is 4.98 Å². The van der Waals surface area contributed by atoms with Crippen LogP contribution in [0.2, 0.25) is 0 Å². The Morgan fingerprint density at radius 2 is 0.743 bits per heavy atom. The van der Waals surface area contributed by atoms with E-state index in [2.05, 4.69) is 161 Å². The van der Waals surface area contributed by atoms with Crippen molar-refractivity contribution in [3.8, 4) is 112 Å². The van der Waals surface area contributed by atoms with Crippen LogP contribution in [0.15, 0.2) is 242 Å². The van der Waals surface area contributed by atoms with E-state index in [4.69, 9.17) is 19.4 Å². The Morgan fingerprint density at radius 1 is 0.297 bits per heavy atom. The molecule has 0 unspecified atom stereocenters. The summed E-state index contributed by atoms with van der Waals surface area (Å²) in [6.07, 6.45) is 10.9. The largest absolute Gasteiger partial charge is 3.00 e. The second-order valence-electron chi connectivity index (χ2n) is 17.6. The van der Waals surface area contributed by atoms with E-state index in [9.17, 15) is 0 Å². The monoisotopic (exact) mass is 1120 g/mol. The Hall–Kier alpha value is -9.33. The number of aromatic nitrogens is 6. The molecule has 8 heteroatoms. The molecule has 0 amide bonds. The van der Waals surface area contributed by atoms with Crippen LogP contribution in [0.3, 0.4) is 0 Å². The van der Waals surface area contributed by atoms with Crippen LogP contribution in [0.1, 0.15) is 0 Å². The third-order valence-corrected chi connectivity index (χ3v) is 13.2. The number of benzene rings is 6. The molecule has 7 heterocycles. The Morgan fingerprint density at radius 3 is 1.26 bits per heavy atom. The minimum absolute atomic E-state index is 0. The van der Waals surface area contributed by atoms with Gasteiger partial charge in [0.05, 0.1) is 0 Å². The van der Waals surface area contributed by atoms with E-state index in [0.717, 1.165) is 128 Å². The van der Waals surface area contributed by atoms with Crippen molar-refractivity contribution in [3.05, 3.63) is 256 Å². The maximum absolute atomic E-state index is 6.61. The van der Waals surface area contributed by atoms with Gasteiger partial charge in [0, 0.05) is 41.1 Å². The zero-order valence-corrected chi connectivity index (χ0v) is 41.8. The van der Waals surface area contributed by atoms with E-state index < -0.39 is 0 Å². The topological polar surface area (TPSA) is 90.5 Å². The molecule has 13 rings (SSSR count). The van der Waals surface area contributed by atoms with Crippen molar-refractivity contribution >= 4 is 22.1 Å². The quantitative estimate of drug-likeness (QED) is 0.126. The van der Waals surface area contributed by atoms with Crippen molar-refractivity contribution in [1.29, 1.82) is 0 Å². The number of hydrogen-bond acceptors (Lipinski definition) is 7. The molecule has 0 fully saturated rings. The van der Waals surface area contributed by atoms with Gasteiger partial charge < -0.3 is 29.3 Å². The van der Waals surface area contributed by atoms with E-state index in [1.165, 1.54) is 0 Å². The summed E-state index contributed by atoms with van der Waals surface area (Å²) in [6.45, 7) is 0. The predicted octanol–water partition coefficient (Wildman–Crippen LogP) is 16.0. The minimum atomic E-state index is 0. The molecular weight excluding hydrogens is 1080 g/mol. The van der Waals surface area contributed by atoms with E-state index in [0.29, 0.717) is 5.71 Å². The smallest absolute Gasteiger partial charge is 0.437 e. The predicted molar refractivity (Wildman–Crippen MR) is 291 cm³/mol. The van der Waals surface area contributed by atoms with Crippen LogP contribution in [0.4, 0.5) is 0 Å². The summed E-state index contributed by atoms with van der Waals surface area (Å²) in [4.78, 5) is 28.4. The molecule has 0 aliphatic heterocycles. The van der Waals surface area contributed by atoms with Gasteiger partial charge in [0.15, 0.2) is 0 Å². The summed E-state index contributed by atoms with van der Waals surface area (Å²) in [5.41, 5.74) is 20.0. The van der Waals surface area contributed by atoms with Crippen molar-refractivity contribution < 1.29 is 24.5 Å². The maximum Gasteiger partial charge on any atom is 3.00 e. The van der Waals surface area contributed by atoms with Gasteiger partial charge in [-0.2, -0.15) is 0 Å². The fourth-order valence-electron chi connectivity index (χ4n) is 9.76. The van der Waals surface area contributed by atoms with Crippen molar-refractivity contribution in [2.75, 3.05) is 0 Å². The summed E-state index contributed by atoms with van der Waals surface area (Å²) in [5, 5.41) is 1.96. The second-order valence-corrected chi connectivity index (χ2v) is 17.6. The second kappa shape index (κ2) is 20.1. The Balaban J connectivity index is 0.00000556. The Kier molecular flexibility index (Phi) is 12.4. The Bertz CT molecular complexity index is 3980. The first kappa shape index (κ1) is 45.8.